The molecule has 1 aromatic rings. The number of amides is 2. The summed E-state index contributed by atoms with van der Waals surface area (Å²) >= 11 is 3.38. The number of benzene rings is 1. The average molecular weight is 314 g/mol. The van der Waals surface area contributed by atoms with E-state index < -0.39 is 0 Å². The zero-order valence-electron chi connectivity index (χ0n) is 10.3. The summed E-state index contributed by atoms with van der Waals surface area (Å²) < 4.78 is 0.835. The number of hydrogen-bond donors (Lipinski definition) is 3. The van der Waals surface area contributed by atoms with Crippen molar-refractivity contribution in [1.82, 2.24) is 10.6 Å². The monoisotopic (exact) mass is 313 g/mol. The van der Waals surface area contributed by atoms with E-state index in [2.05, 4.69) is 31.9 Å². The van der Waals surface area contributed by atoms with Crippen molar-refractivity contribution in [2.45, 2.75) is 6.92 Å². The standard InChI is InChI=1S/C12H16BrN3O2/c1-8-3-4-10(9(13)5-8)16-12(18)7-15-6-11(17)14-2/h3-5,15H,6-7H2,1-2H3,(H,14,17)(H,16,18). The second-order valence-electron chi connectivity index (χ2n) is 3.81. The molecule has 0 heterocycles. The van der Waals surface area contributed by atoms with Gasteiger partial charge < -0.3 is 10.6 Å². The van der Waals surface area contributed by atoms with Crippen LogP contribution in [-0.4, -0.2) is 32.0 Å². The van der Waals surface area contributed by atoms with Gasteiger partial charge in [0.15, 0.2) is 0 Å². The Hall–Kier alpha value is -1.40. The van der Waals surface area contributed by atoms with Crippen molar-refractivity contribution in [2.75, 3.05) is 25.5 Å². The van der Waals surface area contributed by atoms with Crippen molar-refractivity contribution in [3.63, 3.8) is 0 Å². The van der Waals surface area contributed by atoms with E-state index in [1.807, 2.05) is 25.1 Å². The highest BCUT2D eigenvalue weighted by Crippen LogP contribution is 2.22. The molecule has 1 aromatic carbocycles. The molecule has 18 heavy (non-hydrogen) atoms. The lowest BCUT2D eigenvalue weighted by atomic mass is 10.2. The van der Waals surface area contributed by atoms with E-state index in [9.17, 15) is 9.59 Å². The van der Waals surface area contributed by atoms with Crippen molar-refractivity contribution in [1.29, 1.82) is 0 Å². The lowest BCUT2D eigenvalue weighted by molar-refractivity contribution is -0.119. The fraction of sp³-hybridized carbons (Fsp3) is 0.333. The molecule has 0 bridgehead atoms. The van der Waals surface area contributed by atoms with Crippen LogP contribution in [0.25, 0.3) is 0 Å². The second-order valence-corrected chi connectivity index (χ2v) is 4.66. The van der Waals surface area contributed by atoms with Crippen LogP contribution in [0.15, 0.2) is 22.7 Å². The molecule has 0 atom stereocenters. The molecule has 0 unspecified atom stereocenters. The van der Waals surface area contributed by atoms with Gasteiger partial charge in [-0.2, -0.15) is 0 Å². The predicted molar refractivity (Wildman–Crippen MR) is 74.4 cm³/mol. The first-order chi connectivity index (χ1) is 8.52. The topological polar surface area (TPSA) is 70.2 Å². The first-order valence-corrected chi connectivity index (χ1v) is 6.29. The van der Waals surface area contributed by atoms with Gasteiger partial charge in [-0.3, -0.25) is 14.9 Å². The zero-order chi connectivity index (χ0) is 13.5. The predicted octanol–water partition coefficient (Wildman–Crippen LogP) is 1.03. The van der Waals surface area contributed by atoms with Gasteiger partial charge in [0.25, 0.3) is 0 Å². The van der Waals surface area contributed by atoms with Crippen LogP contribution in [0, 0.1) is 6.92 Å². The van der Waals surface area contributed by atoms with Crippen LogP contribution in [-0.2, 0) is 9.59 Å². The number of aryl methyl sites for hydroxylation is 1. The third-order valence-corrected chi connectivity index (χ3v) is 2.90. The summed E-state index contributed by atoms with van der Waals surface area (Å²) in [7, 11) is 1.55. The number of halogens is 1. The molecule has 0 radical (unpaired) electrons. The van der Waals surface area contributed by atoms with Crippen LogP contribution in [0.5, 0.6) is 0 Å². The summed E-state index contributed by atoms with van der Waals surface area (Å²) in [5.74, 6) is -0.345. The fourth-order valence-corrected chi connectivity index (χ4v) is 1.89. The van der Waals surface area contributed by atoms with Crippen molar-refractivity contribution < 1.29 is 9.59 Å². The molecule has 98 valence electrons. The third-order valence-electron chi connectivity index (χ3n) is 2.25. The van der Waals surface area contributed by atoms with Gasteiger partial charge in [-0.25, -0.2) is 0 Å². The molecule has 0 aliphatic rings. The summed E-state index contributed by atoms with van der Waals surface area (Å²) in [5, 5.41) is 7.96. The molecule has 2 amide bonds. The van der Waals surface area contributed by atoms with Crippen molar-refractivity contribution in [3.05, 3.63) is 28.2 Å². The summed E-state index contributed by atoms with van der Waals surface area (Å²) in [5.41, 5.74) is 1.82. The smallest absolute Gasteiger partial charge is 0.238 e. The molecule has 0 aliphatic carbocycles. The highest BCUT2D eigenvalue weighted by Gasteiger charge is 2.06. The Morgan fingerprint density at radius 1 is 1.22 bits per heavy atom. The van der Waals surface area contributed by atoms with E-state index in [0.29, 0.717) is 5.69 Å². The van der Waals surface area contributed by atoms with E-state index in [4.69, 9.17) is 0 Å². The molecular weight excluding hydrogens is 298 g/mol. The maximum atomic E-state index is 11.6. The van der Waals surface area contributed by atoms with Gasteiger partial charge in [0.1, 0.15) is 0 Å². The highest BCUT2D eigenvalue weighted by molar-refractivity contribution is 9.10. The molecule has 0 saturated heterocycles. The molecular formula is C12H16BrN3O2. The molecule has 5 nitrogen and oxygen atoms in total. The van der Waals surface area contributed by atoms with E-state index in [1.165, 1.54) is 0 Å². The number of carbonyl (C=O) groups is 2. The van der Waals surface area contributed by atoms with Crippen molar-refractivity contribution in [2.24, 2.45) is 0 Å². The van der Waals surface area contributed by atoms with Crippen LogP contribution in [0.2, 0.25) is 0 Å². The van der Waals surface area contributed by atoms with Gasteiger partial charge in [-0.05, 0) is 40.5 Å². The van der Waals surface area contributed by atoms with E-state index in [0.717, 1.165) is 10.0 Å². The van der Waals surface area contributed by atoms with E-state index in [-0.39, 0.29) is 24.9 Å². The van der Waals surface area contributed by atoms with Crippen LogP contribution < -0.4 is 16.0 Å². The number of carbonyl (C=O) groups excluding carboxylic acids is 2. The third kappa shape index (κ3) is 4.85. The quantitative estimate of drug-likeness (QED) is 0.760. The number of likely N-dealkylation sites (N-methyl/N-ethyl adjacent to an activating group) is 1. The Morgan fingerprint density at radius 3 is 2.50 bits per heavy atom. The lowest BCUT2D eigenvalue weighted by Crippen LogP contribution is -2.36. The first kappa shape index (κ1) is 14.7. The van der Waals surface area contributed by atoms with Gasteiger partial charge >= 0.3 is 0 Å². The minimum atomic E-state index is -0.191. The van der Waals surface area contributed by atoms with Gasteiger partial charge in [-0.1, -0.05) is 6.07 Å². The normalized spacial score (nSPS) is 9.94. The Morgan fingerprint density at radius 2 is 1.89 bits per heavy atom. The van der Waals surface area contributed by atoms with Gasteiger partial charge in [0.05, 0.1) is 18.8 Å². The Balaban J connectivity index is 2.42. The Kier molecular flexibility index (Phi) is 5.80. The summed E-state index contributed by atoms with van der Waals surface area (Å²) in [6, 6.07) is 5.67. The summed E-state index contributed by atoms with van der Waals surface area (Å²) in [6.07, 6.45) is 0. The van der Waals surface area contributed by atoms with Crippen LogP contribution in [0.1, 0.15) is 5.56 Å². The largest absolute Gasteiger partial charge is 0.358 e. The SMILES string of the molecule is CNC(=O)CNCC(=O)Nc1ccc(C)cc1Br. The number of hydrogen-bond acceptors (Lipinski definition) is 3. The maximum Gasteiger partial charge on any atom is 0.238 e. The summed E-state index contributed by atoms with van der Waals surface area (Å²) in [6.45, 7) is 2.19. The summed E-state index contributed by atoms with van der Waals surface area (Å²) in [4.78, 5) is 22.5. The molecule has 0 saturated carbocycles. The number of anilines is 1. The minimum absolute atomic E-state index is 0.0910. The van der Waals surface area contributed by atoms with E-state index >= 15 is 0 Å². The maximum absolute atomic E-state index is 11.6. The average Bonchev–Trinajstić information content (AvgIpc) is 2.32. The molecule has 3 N–H and O–H groups in total. The first-order valence-electron chi connectivity index (χ1n) is 5.50. The Labute approximate surface area is 114 Å². The molecule has 1 rings (SSSR count). The van der Waals surface area contributed by atoms with Crippen molar-refractivity contribution in [3.8, 4) is 0 Å². The molecule has 0 aliphatic heterocycles. The number of rotatable bonds is 5. The molecule has 0 aromatic heterocycles. The van der Waals surface area contributed by atoms with Gasteiger partial charge in [0.2, 0.25) is 11.8 Å². The van der Waals surface area contributed by atoms with Crippen LogP contribution in [0.4, 0.5) is 5.69 Å². The molecule has 6 heteroatoms. The van der Waals surface area contributed by atoms with Crippen LogP contribution >= 0.6 is 15.9 Å². The Bertz CT molecular complexity index is 449. The fourth-order valence-electron chi connectivity index (χ4n) is 1.29. The zero-order valence-corrected chi connectivity index (χ0v) is 11.9. The van der Waals surface area contributed by atoms with Gasteiger partial charge in [-0.15, -0.1) is 0 Å². The van der Waals surface area contributed by atoms with E-state index in [1.54, 1.807) is 7.05 Å². The van der Waals surface area contributed by atoms with Crippen LogP contribution in [0.3, 0.4) is 0 Å². The second kappa shape index (κ2) is 7.13. The molecule has 0 fully saturated rings. The van der Waals surface area contributed by atoms with Crippen molar-refractivity contribution >= 4 is 33.4 Å². The van der Waals surface area contributed by atoms with Gasteiger partial charge in [0, 0.05) is 11.5 Å². The lowest BCUT2D eigenvalue weighted by Gasteiger charge is -2.08. The molecule has 0 spiro atoms. The highest BCUT2D eigenvalue weighted by atomic mass is 79.9. The minimum Gasteiger partial charge on any atom is -0.358 e. The number of nitrogens with one attached hydrogen (secondary N) is 3.